The summed E-state index contributed by atoms with van der Waals surface area (Å²) in [5.41, 5.74) is 22.7. The van der Waals surface area contributed by atoms with Gasteiger partial charge in [-0.05, 0) is 106 Å². The third kappa shape index (κ3) is 27.0. The summed E-state index contributed by atoms with van der Waals surface area (Å²) in [6.07, 6.45) is 4.13. The zero-order chi connectivity index (χ0) is 51.4. The minimum atomic E-state index is -1.59. The molecule has 0 aromatic carbocycles. The first-order chi connectivity index (χ1) is 31.4. The van der Waals surface area contributed by atoms with E-state index in [-0.39, 0.29) is 81.1 Å². The summed E-state index contributed by atoms with van der Waals surface area (Å²) in [7, 11) is 0. The second kappa shape index (κ2) is 33.7. The van der Waals surface area contributed by atoms with Crippen LogP contribution in [0, 0.1) is 23.7 Å². The molecule has 0 spiro atoms. The Morgan fingerprint density at radius 1 is 0.507 bits per heavy atom. The van der Waals surface area contributed by atoms with E-state index in [4.69, 9.17) is 22.9 Å². The van der Waals surface area contributed by atoms with Gasteiger partial charge >= 0.3 is 5.97 Å². The monoisotopic (exact) mass is 973 g/mol. The van der Waals surface area contributed by atoms with Gasteiger partial charge in [-0.25, -0.2) is 4.79 Å². The molecule has 8 atom stereocenters. The van der Waals surface area contributed by atoms with Gasteiger partial charge in [-0.2, -0.15) is 11.8 Å². The van der Waals surface area contributed by atoms with E-state index in [1.807, 2.05) is 55.4 Å². The highest BCUT2D eigenvalue weighted by Crippen LogP contribution is 2.13. The van der Waals surface area contributed by atoms with Crippen LogP contribution in [0.15, 0.2) is 4.99 Å². The maximum atomic E-state index is 14.0. The molecular formula is C44H84N12O10S. The first-order valence-electron chi connectivity index (χ1n) is 23.3. The fraction of sp³-hybridized carbons (Fsp3) is 0.795. The van der Waals surface area contributed by atoms with Crippen LogP contribution in [0.25, 0.3) is 0 Å². The molecule has 0 unspecified atom stereocenters. The van der Waals surface area contributed by atoms with Crippen molar-refractivity contribution in [3.63, 3.8) is 0 Å². The Bertz CT molecular complexity index is 1600. The van der Waals surface area contributed by atoms with Crippen LogP contribution in [0.5, 0.6) is 0 Å². The number of carbonyl (C=O) groups excluding carboxylic acids is 7. The van der Waals surface area contributed by atoms with Gasteiger partial charge in [0, 0.05) is 6.54 Å². The molecule has 386 valence electrons. The van der Waals surface area contributed by atoms with Crippen molar-refractivity contribution in [3.05, 3.63) is 0 Å². The van der Waals surface area contributed by atoms with Crippen LogP contribution in [-0.2, 0) is 38.4 Å². The molecule has 0 aromatic rings. The number of unbranched alkanes of at least 4 members (excludes halogenated alkanes) is 1. The fourth-order valence-electron chi connectivity index (χ4n) is 6.86. The zero-order valence-corrected chi connectivity index (χ0v) is 42.0. The molecule has 0 saturated carbocycles. The number of nitrogens with two attached hydrogens (primary N) is 4. The van der Waals surface area contributed by atoms with Gasteiger partial charge in [0.25, 0.3) is 0 Å². The van der Waals surface area contributed by atoms with Gasteiger partial charge < -0.3 is 70.4 Å². The highest BCUT2D eigenvalue weighted by molar-refractivity contribution is 7.98. The number of nitrogens with one attached hydrogen (secondary N) is 7. The van der Waals surface area contributed by atoms with Crippen molar-refractivity contribution in [1.29, 1.82) is 0 Å². The third-order valence-electron chi connectivity index (χ3n) is 10.3. The number of guanidine groups is 1. The van der Waals surface area contributed by atoms with Gasteiger partial charge in [0.1, 0.15) is 42.3 Å². The number of aliphatic hydroxyl groups excluding tert-OH is 1. The van der Waals surface area contributed by atoms with Crippen molar-refractivity contribution >= 4 is 65.0 Å². The molecule has 0 aromatic heterocycles. The number of hydrogen-bond acceptors (Lipinski definition) is 13. The maximum Gasteiger partial charge on any atom is 0.326 e. The molecule has 0 aliphatic rings. The van der Waals surface area contributed by atoms with Crippen LogP contribution in [0.1, 0.15) is 120 Å². The van der Waals surface area contributed by atoms with E-state index in [2.05, 4.69) is 42.2 Å². The summed E-state index contributed by atoms with van der Waals surface area (Å²) in [6.45, 7) is 14.3. The van der Waals surface area contributed by atoms with Crippen molar-refractivity contribution in [2.75, 3.05) is 31.7 Å². The van der Waals surface area contributed by atoms with Gasteiger partial charge in [0.05, 0.1) is 12.6 Å². The Kier molecular flexibility index (Phi) is 31.3. The van der Waals surface area contributed by atoms with Gasteiger partial charge in [-0.1, -0.05) is 55.4 Å². The van der Waals surface area contributed by atoms with Crippen molar-refractivity contribution in [3.8, 4) is 0 Å². The maximum absolute atomic E-state index is 14.0. The van der Waals surface area contributed by atoms with Crippen LogP contribution in [0.3, 0.4) is 0 Å². The van der Waals surface area contributed by atoms with Gasteiger partial charge in [0.15, 0.2) is 5.96 Å². The molecular weight excluding hydrogens is 889 g/mol. The topological polar surface area (TPSA) is 378 Å². The lowest BCUT2D eigenvalue weighted by Gasteiger charge is -2.28. The van der Waals surface area contributed by atoms with Crippen LogP contribution >= 0.6 is 11.8 Å². The smallest absolute Gasteiger partial charge is 0.326 e. The number of carbonyl (C=O) groups is 8. The molecule has 0 heterocycles. The molecule has 23 heteroatoms. The predicted octanol–water partition coefficient (Wildman–Crippen LogP) is -1.10. The zero-order valence-electron chi connectivity index (χ0n) is 41.2. The van der Waals surface area contributed by atoms with Crippen molar-refractivity contribution in [2.24, 2.45) is 51.6 Å². The Balaban J connectivity index is 6.48. The summed E-state index contributed by atoms with van der Waals surface area (Å²) in [6, 6.07) is -9.63. The molecule has 17 N–H and O–H groups in total. The lowest BCUT2D eigenvalue weighted by molar-refractivity contribution is -0.143. The molecule has 0 bridgehead atoms. The fourth-order valence-corrected chi connectivity index (χ4v) is 7.33. The predicted molar refractivity (Wildman–Crippen MR) is 260 cm³/mol. The number of carboxylic acid groups (broad SMARTS) is 1. The average molecular weight is 973 g/mol. The number of aliphatic hydroxyl groups is 1. The lowest BCUT2D eigenvalue weighted by Crippen LogP contribution is -2.61. The number of nitrogens with zero attached hydrogens (tertiary/aromatic N) is 1. The van der Waals surface area contributed by atoms with Crippen LogP contribution in [0.2, 0.25) is 0 Å². The molecule has 22 nitrogen and oxygen atoms in total. The summed E-state index contributed by atoms with van der Waals surface area (Å²) in [5.74, 6) is -6.41. The van der Waals surface area contributed by atoms with Crippen molar-refractivity contribution in [1.82, 2.24) is 37.2 Å². The van der Waals surface area contributed by atoms with E-state index in [0.29, 0.717) is 31.6 Å². The van der Waals surface area contributed by atoms with Crippen LogP contribution < -0.4 is 60.2 Å². The summed E-state index contributed by atoms with van der Waals surface area (Å²) in [4.78, 5) is 111. The molecule has 0 aliphatic carbocycles. The largest absolute Gasteiger partial charge is 0.480 e. The number of aliphatic imine (C=N–C) groups is 1. The Hall–Kier alpha value is -4.74. The van der Waals surface area contributed by atoms with E-state index in [9.17, 15) is 48.6 Å². The number of aliphatic carboxylic acids is 1. The SMILES string of the molecule is CSCC[C@H](NC(=O)[C@H](CO)NC(=O)[C@H](CC(C)C)NC(=O)[C@H](CCCCN)NC(=O)[C@@H](N)CC(C)C)C(=O)N[C@@H](CCCN=C(N)N)C(=O)N[C@@H](CC(C)C)C(=O)N[C@@H](CC(C)C)C(=O)O. The minimum Gasteiger partial charge on any atom is -0.480 e. The average Bonchev–Trinajstić information content (AvgIpc) is 3.22. The number of hydrogen-bond donors (Lipinski definition) is 13. The Morgan fingerprint density at radius 2 is 0.866 bits per heavy atom. The van der Waals surface area contributed by atoms with E-state index in [1.165, 1.54) is 11.8 Å². The second-order valence-electron chi connectivity index (χ2n) is 18.6. The second-order valence-corrected chi connectivity index (χ2v) is 19.6. The summed E-state index contributed by atoms with van der Waals surface area (Å²) in [5, 5.41) is 38.4. The number of amides is 7. The standard InChI is InChI=1S/C44H84N12O10S/c1-24(2)19-28(46)36(58)50-29(13-10-11-16-45)37(59)54-33(21-26(5)6)41(63)56-35(23-57)42(64)52-31(15-18-67-9)39(61)51-30(14-12-17-49-44(47)48)38(60)53-32(20-25(3)4)40(62)55-34(43(65)66)22-27(7)8/h24-35,57H,10-23,45-46H2,1-9H3,(H,50,58)(H,51,61)(H,52,64)(H,53,60)(H,54,59)(H,55,62)(H,56,63)(H,65,66)(H4,47,48,49)/t28-,29-,30-,31-,32-,33-,34-,35-/m0/s1. The normalized spacial score (nSPS) is 15.0. The Labute approximate surface area is 401 Å². The number of carboxylic acids is 1. The highest BCUT2D eigenvalue weighted by Gasteiger charge is 2.35. The third-order valence-corrected chi connectivity index (χ3v) is 10.9. The molecule has 0 radical (unpaired) electrons. The Morgan fingerprint density at radius 3 is 1.27 bits per heavy atom. The van der Waals surface area contributed by atoms with Gasteiger partial charge in [-0.3, -0.25) is 38.6 Å². The minimum absolute atomic E-state index is 0.0146. The number of thioether (sulfide) groups is 1. The molecule has 67 heavy (non-hydrogen) atoms. The molecule has 0 rings (SSSR count). The van der Waals surface area contributed by atoms with Crippen LogP contribution in [-0.4, -0.2) is 144 Å². The summed E-state index contributed by atoms with van der Waals surface area (Å²) >= 11 is 1.37. The van der Waals surface area contributed by atoms with Gasteiger partial charge in [-0.15, -0.1) is 0 Å². The van der Waals surface area contributed by atoms with E-state index in [1.54, 1.807) is 6.26 Å². The van der Waals surface area contributed by atoms with E-state index >= 15 is 0 Å². The lowest BCUT2D eigenvalue weighted by atomic mass is 10.00. The first-order valence-corrected chi connectivity index (χ1v) is 24.7. The quantitative estimate of drug-likeness (QED) is 0.0204. The molecule has 0 fully saturated rings. The highest BCUT2D eigenvalue weighted by atomic mass is 32.2. The van der Waals surface area contributed by atoms with E-state index in [0.717, 1.165) is 0 Å². The van der Waals surface area contributed by atoms with Crippen molar-refractivity contribution < 1.29 is 48.6 Å². The van der Waals surface area contributed by atoms with E-state index < -0.39 is 102 Å². The summed E-state index contributed by atoms with van der Waals surface area (Å²) < 4.78 is 0. The molecule has 0 saturated heterocycles. The van der Waals surface area contributed by atoms with Crippen molar-refractivity contribution in [2.45, 2.75) is 168 Å². The number of rotatable bonds is 35. The molecule has 7 amide bonds. The molecule has 0 aliphatic heterocycles. The van der Waals surface area contributed by atoms with Gasteiger partial charge in [0.2, 0.25) is 41.4 Å². The first kappa shape index (κ1) is 62.3. The van der Waals surface area contributed by atoms with Crippen LogP contribution in [0.4, 0.5) is 0 Å².